The van der Waals surface area contributed by atoms with Gasteiger partial charge in [-0.25, -0.2) is 0 Å². The van der Waals surface area contributed by atoms with Crippen LogP contribution in [0.25, 0.3) is 10.4 Å². The summed E-state index contributed by atoms with van der Waals surface area (Å²) in [5, 5.41) is 9.62. The zero-order valence-electron chi connectivity index (χ0n) is 16.4. The molecule has 0 aliphatic carbocycles. The van der Waals surface area contributed by atoms with Gasteiger partial charge in [-0.1, -0.05) is 42.5 Å². The summed E-state index contributed by atoms with van der Waals surface area (Å²) in [7, 11) is 1.64. The lowest BCUT2D eigenvalue weighted by Gasteiger charge is -2.10. The van der Waals surface area contributed by atoms with Crippen LogP contribution in [0, 0.1) is 0 Å². The molecular weight excluding hydrogens is 396 g/mol. The standard InChI is InChI=1S/C25H20O4S/c1-28-22-11-3-2-6-19(22)16-29-21-10-5-7-17(15-21)23-12-13-24(30-23)25(27)18-8-4-9-20(26)14-18/h2-15,26H,16H2,1H3. The summed E-state index contributed by atoms with van der Waals surface area (Å²) in [4.78, 5) is 14.3. The van der Waals surface area contributed by atoms with Crippen molar-refractivity contribution in [2.75, 3.05) is 7.11 Å². The number of hydrogen-bond acceptors (Lipinski definition) is 5. The van der Waals surface area contributed by atoms with Gasteiger partial charge in [0.1, 0.15) is 23.9 Å². The van der Waals surface area contributed by atoms with E-state index in [2.05, 4.69) is 0 Å². The first kappa shape index (κ1) is 19.7. The molecule has 3 aromatic carbocycles. The number of aromatic hydroxyl groups is 1. The monoisotopic (exact) mass is 416 g/mol. The van der Waals surface area contributed by atoms with E-state index in [1.807, 2.05) is 60.7 Å². The predicted molar refractivity (Wildman–Crippen MR) is 119 cm³/mol. The first-order valence-electron chi connectivity index (χ1n) is 9.43. The van der Waals surface area contributed by atoms with E-state index in [0.29, 0.717) is 17.0 Å². The lowest BCUT2D eigenvalue weighted by Crippen LogP contribution is -1.98. The zero-order valence-corrected chi connectivity index (χ0v) is 17.2. The lowest BCUT2D eigenvalue weighted by molar-refractivity contribution is 0.104. The van der Waals surface area contributed by atoms with E-state index in [1.54, 1.807) is 25.3 Å². The summed E-state index contributed by atoms with van der Waals surface area (Å²) >= 11 is 1.42. The number of para-hydroxylation sites is 1. The molecule has 0 atom stereocenters. The Morgan fingerprint density at radius 3 is 2.60 bits per heavy atom. The second kappa shape index (κ2) is 8.84. The molecule has 150 valence electrons. The number of hydrogen-bond donors (Lipinski definition) is 1. The Bertz CT molecular complexity index is 1180. The SMILES string of the molecule is COc1ccccc1COc1cccc(-c2ccc(C(=O)c3cccc(O)c3)s2)c1. The molecule has 0 aliphatic heterocycles. The number of phenolic OH excluding ortho intramolecular Hbond substituents is 1. The Morgan fingerprint density at radius 1 is 0.933 bits per heavy atom. The predicted octanol–water partition coefficient (Wildman–Crippen LogP) is 5.94. The molecule has 1 heterocycles. The van der Waals surface area contributed by atoms with Gasteiger partial charge in [-0.05, 0) is 48.0 Å². The smallest absolute Gasteiger partial charge is 0.203 e. The van der Waals surface area contributed by atoms with Crippen LogP contribution in [0.3, 0.4) is 0 Å². The Kier molecular flexibility index (Phi) is 5.82. The molecule has 0 spiro atoms. The molecule has 0 amide bonds. The summed E-state index contributed by atoms with van der Waals surface area (Å²) in [5.74, 6) is 1.51. The Balaban J connectivity index is 1.51. The highest BCUT2D eigenvalue weighted by Crippen LogP contribution is 2.32. The van der Waals surface area contributed by atoms with E-state index in [4.69, 9.17) is 9.47 Å². The van der Waals surface area contributed by atoms with Crippen LogP contribution in [0.1, 0.15) is 20.8 Å². The van der Waals surface area contributed by atoms with Crippen molar-refractivity contribution in [1.29, 1.82) is 0 Å². The second-order valence-electron chi connectivity index (χ2n) is 6.67. The lowest BCUT2D eigenvalue weighted by atomic mass is 10.1. The third-order valence-electron chi connectivity index (χ3n) is 4.64. The van der Waals surface area contributed by atoms with Crippen LogP contribution in [-0.2, 0) is 6.61 Å². The third-order valence-corrected chi connectivity index (χ3v) is 5.78. The Labute approximate surface area is 179 Å². The van der Waals surface area contributed by atoms with Crippen molar-refractivity contribution < 1.29 is 19.4 Å². The van der Waals surface area contributed by atoms with E-state index >= 15 is 0 Å². The molecule has 30 heavy (non-hydrogen) atoms. The second-order valence-corrected chi connectivity index (χ2v) is 7.76. The fourth-order valence-corrected chi connectivity index (χ4v) is 4.09. The highest BCUT2D eigenvalue weighted by Gasteiger charge is 2.13. The number of ketones is 1. The number of phenols is 1. The number of methoxy groups -OCH3 is 1. The van der Waals surface area contributed by atoms with Crippen molar-refractivity contribution in [3.63, 3.8) is 0 Å². The topological polar surface area (TPSA) is 55.8 Å². The molecule has 4 nitrogen and oxygen atoms in total. The Hall–Kier alpha value is -3.57. The fraction of sp³-hybridized carbons (Fsp3) is 0.0800. The van der Waals surface area contributed by atoms with Crippen molar-refractivity contribution >= 4 is 17.1 Å². The van der Waals surface area contributed by atoms with E-state index in [0.717, 1.165) is 27.5 Å². The molecule has 0 saturated carbocycles. The van der Waals surface area contributed by atoms with Crippen molar-refractivity contribution in [2.24, 2.45) is 0 Å². The van der Waals surface area contributed by atoms with Gasteiger partial charge < -0.3 is 14.6 Å². The molecule has 1 N–H and O–H groups in total. The van der Waals surface area contributed by atoms with E-state index < -0.39 is 0 Å². The maximum absolute atomic E-state index is 12.7. The number of benzene rings is 3. The van der Waals surface area contributed by atoms with Crippen LogP contribution < -0.4 is 9.47 Å². The largest absolute Gasteiger partial charge is 0.508 e. The van der Waals surface area contributed by atoms with Gasteiger partial charge in [0.2, 0.25) is 5.78 Å². The van der Waals surface area contributed by atoms with Gasteiger partial charge in [-0.15, -0.1) is 11.3 Å². The van der Waals surface area contributed by atoms with Gasteiger partial charge in [-0.3, -0.25) is 4.79 Å². The van der Waals surface area contributed by atoms with Crippen LogP contribution in [0.2, 0.25) is 0 Å². The fourth-order valence-electron chi connectivity index (χ4n) is 3.13. The van der Waals surface area contributed by atoms with E-state index in [9.17, 15) is 9.90 Å². The van der Waals surface area contributed by atoms with Crippen LogP contribution in [0.15, 0.2) is 84.9 Å². The number of thiophene rings is 1. The van der Waals surface area contributed by atoms with Crippen LogP contribution in [0.4, 0.5) is 0 Å². The molecule has 0 fully saturated rings. The highest BCUT2D eigenvalue weighted by molar-refractivity contribution is 7.17. The third kappa shape index (κ3) is 4.36. The molecule has 0 unspecified atom stereocenters. The van der Waals surface area contributed by atoms with Crippen LogP contribution in [-0.4, -0.2) is 18.0 Å². The minimum absolute atomic E-state index is 0.0810. The molecule has 0 radical (unpaired) electrons. The van der Waals surface area contributed by atoms with Crippen molar-refractivity contribution in [2.45, 2.75) is 6.61 Å². The summed E-state index contributed by atoms with van der Waals surface area (Å²) in [6.45, 7) is 0.402. The molecule has 1 aromatic heterocycles. The normalized spacial score (nSPS) is 10.6. The highest BCUT2D eigenvalue weighted by atomic mass is 32.1. The molecule has 0 saturated heterocycles. The van der Waals surface area contributed by atoms with Gasteiger partial charge in [0.15, 0.2) is 0 Å². The molecule has 5 heteroatoms. The minimum Gasteiger partial charge on any atom is -0.508 e. The Morgan fingerprint density at radius 2 is 1.77 bits per heavy atom. The van der Waals surface area contributed by atoms with E-state index in [-0.39, 0.29) is 11.5 Å². The van der Waals surface area contributed by atoms with Crippen LogP contribution >= 0.6 is 11.3 Å². The number of carbonyl (C=O) groups is 1. The molecule has 0 aliphatic rings. The minimum atomic E-state index is -0.106. The number of ether oxygens (including phenoxy) is 2. The molecule has 0 bridgehead atoms. The van der Waals surface area contributed by atoms with Crippen LogP contribution in [0.5, 0.6) is 17.2 Å². The summed E-state index contributed by atoms with van der Waals surface area (Å²) < 4.78 is 11.3. The summed E-state index contributed by atoms with van der Waals surface area (Å²) in [6.07, 6.45) is 0. The first-order chi connectivity index (χ1) is 14.6. The molecule has 4 rings (SSSR count). The molecule has 4 aromatic rings. The van der Waals surface area contributed by atoms with Crippen molar-refractivity contribution in [1.82, 2.24) is 0 Å². The average molecular weight is 416 g/mol. The zero-order chi connectivity index (χ0) is 20.9. The van der Waals surface area contributed by atoms with Gasteiger partial charge >= 0.3 is 0 Å². The maximum atomic E-state index is 12.7. The van der Waals surface area contributed by atoms with Crippen molar-refractivity contribution in [3.05, 3.63) is 101 Å². The first-order valence-corrected chi connectivity index (χ1v) is 10.2. The number of rotatable bonds is 7. The van der Waals surface area contributed by atoms with E-state index in [1.165, 1.54) is 17.4 Å². The summed E-state index contributed by atoms with van der Waals surface area (Å²) in [5.41, 5.74) is 2.42. The number of carbonyl (C=O) groups excluding carboxylic acids is 1. The maximum Gasteiger partial charge on any atom is 0.203 e. The van der Waals surface area contributed by atoms with Gasteiger partial charge in [-0.2, -0.15) is 0 Å². The average Bonchev–Trinajstić information content (AvgIpc) is 3.28. The van der Waals surface area contributed by atoms with Gasteiger partial charge in [0.25, 0.3) is 0 Å². The quantitative estimate of drug-likeness (QED) is 0.379. The molecular formula is C25H20O4S. The van der Waals surface area contributed by atoms with Gasteiger partial charge in [0, 0.05) is 16.0 Å². The van der Waals surface area contributed by atoms with Gasteiger partial charge in [0.05, 0.1) is 12.0 Å². The van der Waals surface area contributed by atoms with Crippen molar-refractivity contribution in [3.8, 4) is 27.7 Å². The summed E-state index contributed by atoms with van der Waals surface area (Å²) in [6, 6.07) is 25.7.